The average Bonchev–Trinajstić information content (AvgIpc) is 2.48. The van der Waals surface area contributed by atoms with E-state index in [9.17, 15) is 13.0 Å². The van der Waals surface area contributed by atoms with Crippen molar-refractivity contribution >= 4 is 22.8 Å². The molecule has 0 saturated carbocycles. The smallest absolute Gasteiger partial charge is 0.269 e. The number of nitrogens with zero attached hydrogens (tertiary/aromatic N) is 2. The van der Waals surface area contributed by atoms with Crippen molar-refractivity contribution in [3.8, 4) is 0 Å². The lowest BCUT2D eigenvalue weighted by Crippen LogP contribution is -2.35. The summed E-state index contributed by atoms with van der Waals surface area (Å²) >= 11 is -1.79. The van der Waals surface area contributed by atoms with Crippen LogP contribution in [0.1, 0.15) is 11.1 Å². The summed E-state index contributed by atoms with van der Waals surface area (Å²) in [6.45, 7) is 0. The van der Waals surface area contributed by atoms with Gasteiger partial charge < -0.3 is 5.32 Å². The van der Waals surface area contributed by atoms with Crippen molar-refractivity contribution in [2.75, 3.05) is 0 Å². The fourth-order valence-corrected chi connectivity index (χ4v) is 2.45. The van der Waals surface area contributed by atoms with E-state index in [0.717, 1.165) is 0 Å². The van der Waals surface area contributed by atoms with Crippen LogP contribution >= 0.6 is 0 Å². The largest absolute Gasteiger partial charge is 0.323 e. The molecule has 0 radical (unpaired) electrons. The Kier molecular flexibility index (Phi) is 3.57. The molecule has 1 N–H and O–H groups in total. The van der Waals surface area contributed by atoms with E-state index in [4.69, 9.17) is 0 Å². The van der Waals surface area contributed by atoms with E-state index >= 15 is 0 Å². The predicted molar refractivity (Wildman–Crippen MR) is 77.2 cm³/mol. The lowest BCUT2D eigenvalue weighted by atomic mass is 10.1. The molecule has 0 aliphatic carbocycles. The van der Waals surface area contributed by atoms with Gasteiger partial charge in [-0.3, -0.25) is 0 Å². The standard InChI is InChI=1S/C14H9F2N3OS/c15-11-5-1-9(2-6-11)13-17-14(19-21(20)18-13)10-3-7-12(16)8-4-10/h1-8H,(H,17,18,19). The summed E-state index contributed by atoms with van der Waals surface area (Å²) < 4.78 is 45.3. The van der Waals surface area contributed by atoms with Gasteiger partial charge >= 0.3 is 0 Å². The minimum absolute atomic E-state index is 0.322. The number of benzene rings is 2. The van der Waals surface area contributed by atoms with Crippen molar-refractivity contribution in [1.82, 2.24) is 5.32 Å². The molecular formula is C14H9F2N3OS. The van der Waals surface area contributed by atoms with Gasteiger partial charge in [0.15, 0.2) is 11.7 Å². The lowest BCUT2D eigenvalue weighted by molar-refractivity contribution is 0.627. The number of rotatable bonds is 2. The Labute approximate surface area is 122 Å². The van der Waals surface area contributed by atoms with Crippen LogP contribution in [0.4, 0.5) is 8.78 Å². The first-order valence-corrected chi connectivity index (χ1v) is 7.06. The molecule has 106 valence electrons. The van der Waals surface area contributed by atoms with Gasteiger partial charge in [-0.25, -0.2) is 13.0 Å². The van der Waals surface area contributed by atoms with Gasteiger partial charge in [-0.15, -0.1) is 8.80 Å². The fraction of sp³-hybridized carbons (Fsp3) is 0. The molecule has 2 aromatic rings. The predicted octanol–water partition coefficient (Wildman–Crippen LogP) is 2.34. The molecule has 0 aromatic heterocycles. The molecule has 0 amide bonds. The van der Waals surface area contributed by atoms with Gasteiger partial charge in [-0.1, -0.05) is 0 Å². The van der Waals surface area contributed by atoms with Gasteiger partial charge in [0.2, 0.25) is 0 Å². The zero-order valence-corrected chi connectivity index (χ0v) is 11.4. The van der Waals surface area contributed by atoms with E-state index in [1.807, 2.05) is 0 Å². The van der Waals surface area contributed by atoms with E-state index in [1.165, 1.54) is 48.5 Å². The molecular weight excluding hydrogens is 296 g/mol. The van der Waals surface area contributed by atoms with Gasteiger partial charge in [0.1, 0.15) is 11.6 Å². The molecule has 2 aromatic carbocycles. The second-order valence-corrected chi connectivity index (χ2v) is 5.08. The average molecular weight is 305 g/mol. The molecule has 1 aliphatic rings. The summed E-state index contributed by atoms with van der Waals surface area (Å²) in [4.78, 5) is 0. The highest BCUT2D eigenvalue weighted by molar-refractivity contribution is 7.82. The summed E-state index contributed by atoms with van der Waals surface area (Å²) in [5, 5.41) is 2.92. The first-order valence-electron chi connectivity index (χ1n) is 6.00. The monoisotopic (exact) mass is 305 g/mol. The van der Waals surface area contributed by atoms with Crippen LogP contribution in [0.25, 0.3) is 0 Å². The highest BCUT2D eigenvalue weighted by atomic mass is 32.2. The maximum Gasteiger partial charge on any atom is 0.269 e. The first-order chi connectivity index (χ1) is 10.1. The lowest BCUT2D eigenvalue weighted by Gasteiger charge is -2.15. The molecule has 0 spiro atoms. The van der Waals surface area contributed by atoms with Crippen LogP contribution in [-0.4, -0.2) is 15.9 Å². The van der Waals surface area contributed by atoms with Crippen molar-refractivity contribution in [3.05, 3.63) is 71.3 Å². The summed E-state index contributed by atoms with van der Waals surface area (Å²) in [7, 11) is 0. The molecule has 0 unspecified atom stereocenters. The second kappa shape index (κ2) is 5.53. The summed E-state index contributed by atoms with van der Waals surface area (Å²) in [5.41, 5.74) is 1.17. The normalized spacial score (nSPS) is 15.1. The minimum Gasteiger partial charge on any atom is -0.323 e. The van der Waals surface area contributed by atoms with Crippen LogP contribution in [-0.2, 0) is 11.2 Å². The topological polar surface area (TPSA) is 53.8 Å². The molecule has 0 fully saturated rings. The number of hydrogen-bond donors (Lipinski definition) is 1. The van der Waals surface area contributed by atoms with E-state index in [2.05, 4.69) is 14.1 Å². The molecule has 0 atom stereocenters. The van der Waals surface area contributed by atoms with Crippen LogP contribution in [0.3, 0.4) is 0 Å². The van der Waals surface area contributed by atoms with Crippen molar-refractivity contribution in [2.24, 2.45) is 8.80 Å². The molecule has 0 bridgehead atoms. The van der Waals surface area contributed by atoms with Gasteiger partial charge in [0.05, 0.1) is 0 Å². The van der Waals surface area contributed by atoms with Crippen LogP contribution in [0.2, 0.25) is 0 Å². The second-order valence-electron chi connectivity index (χ2n) is 4.25. The Hall–Kier alpha value is -2.41. The number of hydrogen-bond acceptors (Lipinski definition) is 2. The van der Waals surface area contributed by atoms with Crippen molar-refractivity contribution in [3.63, 3.8) is 0 Å². The quantitative estimate of drug-likeness (QED) is 0.926. The Morgan fingerprint density at radius 3 is 1.52 bits per heavy atom. The van der Waals surface area contributed by atoms with Crippen molar-refractivity contribution in [2.45, 2.75) is 0 Å². The van der Waals surface area contributed by atoms with Gasteiger partial charge in [0.25, 0.3) is 11.2 Å². The van der Waals surface area contributed by atoms with E-state index < -0.39 is 11.2 Å². The van der Waals surface area contributed by atoms with Crippen LogP contribution < -0.4 is 5.32 Å². The minimum atomic E-state index is -1.79. The Bertz CT molecular complexity index is 691. The molecule has 3 rings (SSSR count). The third kappa shape index (κ3) is 3.03. The third-order valence-corrected chi connectivity index (χ3v) is 3.49. The van der Waals surface area contributed by atoms with Gasteiger partial charge in [-0.2, -0.15) is 0 Å². The maximum absolute atomic E-state index is 12.9. The highest BCUT2D eigenvalue weighted by Crippen LogP contribution is 2.11. The van der Waals surface area contributed by atoms with Gasteiger partial charge in [-0.05, 0) is 48.5 Å². The molecule has 1 aliphatic heterocycles. The Morgan fingerprint density at radius 1 is 0.762 bits per heavy atom. The van der Waals surface area contributed by atoms with E-state index in [-0.39, 0.29) is 11.6 Å². The number of halogens is 2. The maximum atomic E-state index is 12.9. The van der Waals surface area contributed by atoms with E-state index in [1.54, 1.807) is 0 Å². The first kappa shape index (κ1) is 13.6. The van der Waals surface area contributed by atoms with Crippen LogP contribution in [0.15, 0.2) is 57.3 Å². The highest BCUT2D eigenvalue weighted by Gasteiger charge is 2.16. The zero-order chi connectivity index (χ0) is 14.8. The summed E-state index contributed by atoms with van der Waals surface area (Å²) in [6.07, 6.45) is 0. The Morgan fingerprint density at radius 2 is 1.14 bits per heavy atom. The number of amidine groups is 2. The van der Waals surface area contributed by atoms with Crippen LogP contribution in [0.5, 0.6) is 0 Å². The Balaban J connectivity index is 1.91. The summed E-state index contributed by atoms with van der Waals surface area (Å²) in [6, 6.07) is 11.2. The molecule has 21 heavy (non-hydrogen) atoms. The zero-order valence-electron chi connectivity index (χ0n) is 10.6. The summed E-state index contributed by atoms with van der Waals surface area (Å²) in [5.74, 6) is -0.0993. The molecule has 0 saturated heterocycles. The van der Waals surface area contributed by atoms with Crippen LogP contribution in [0, 0.1) is 11.6 Å². The third-order valence-electron chi connectivity index (χ3n) is 2.81. The SMILES string of the molecule is O=S1N=C(c2ccc(F)cc2)NC(c2ccc(F)cc2)=N1. The number of nitrogens with one attached hydrogen (secondary N) is 1. The fourth-order valence-electron chi connectivity index (χ4n) is 1.80. The van der Waals surface area contributed by atoms with Gasteiger partial charge in [0, 0.05) is 11.1 Å². The molecule has 1 heterocycles. The van der Waals surface area contributed by atoms with E-state index in [0.29, 0.717) is 22.8 Å². The molecule has 7 heteroatoms. The molecule has 4 nitrogen and oxygen atoms in total. The van der Waals surface area contributed by atoms with Crippen molar-refractivity contribution in [1.29, 1.82) is 0 Å². The van der Waals surface area contributed by atoms with Crippen molar-refractivity contribution < 1.29 is 13.0 Å².